The lowest BCUT2D eigenvalue weighted by Gasteiger charge is -2.32. The fourth-order valence-corrected chi connectivity index (χ4v) is 4.58. The van der Waals surface area contributed by atoms with E-state index in [1.807, 2.05) is 18.2 Å². The summed E-state index contributed by atoms with van der Waals surface area (Å²) in [5, 5.41) is 10.7. The van der Waals surface area contributed by atoms with Gasteiger partial charge in [0, 0.05) is 11.4 Å². The van der Waals surface area contributed by atoms with Crippen LogP contribution in [0.4, 0.5) is 19.1 Å². The Bertz CT molecular complexity index is 1240. The maximum Gasteiger partial charge on any atom is 0.425 e. The molecule has 0 aliphatic carbocycles. The number of ether oxygens (including phenoxy) is 1. The Morgan fingerprint density at radius 3 is 2.65 bits per heavy atom. The highest BCUT2D eigenvalue weighted by Gasteiger charge is 2.32. The summed E-state index contributed by atoms with van der Waals surface area (Å²) in [5.74, 6) is 1.57. The van der Waals surface area contributed by atoms with Gasteiger partial charge in [0.05, 0.1) is 25.8 Å². The number of nitrogens with zero attached hydrogens (tertiary/aromatic N) is 4. The molecule has 1 aliphatic heterocycles. The zero-order valence-corrected chi connectivity index (χ0v) is 19.8. The molecule has 2 aromatic heterocycles. The lowest BCUT2D eigenvalue weighted by molar-refractivity contribution is -0.134. The molecule has 1 aromatic carbocycles. The highest BCUT2D eigenvalue weighted by atomic mass is 32.1. The fourth-order valence-electron chi connectivity index (χ4n) is 3.72. The number of β-amino-alcohol motifs (C(OH)–C–C–N with tert-alkyl or cyclic N) is 1. The van der Waals surface area contributed by atoms with E-state index in [1.165, 1.54) is 10.6 Å². The molecule has 4 rings (SSSR count). The van der Waals surface area contributed by atoms with Gasteiger partial charge in [-0.05, 0) is 48.2 Å². The van der Waals surface area contributed by atoms with Crippen molar-refractivity contribution >= 4 is 17.3 Å². The predicted molar refractivity (Wildman–Crippen MR) is 122 cm³/mol. The number of hydrogen-bond donors (Lipinski definition) is 1. The zero-order chi connectivity index (χ0) is 24.6. The number of alkyl halides is 3. The molecule has 0 spiro atoms. The van der Waals surface area contributed by atoms with Gasteiger partial charge < -0.3 is 14.7 Å². The Hall–Kier alpha value is -2.92. The highest BCUT2D eigenvalue weighted by molar-refractivity contribution is 7.12. The van der Waals surface area contributed by atoms with Crippen molar-refractivity contribution < 1.29 is 23.0 Å². The molecule has 11 heteroatoms. The van der Waals surface area contributed by atoms with Gasteiger partial charge in [0.15, 0.2) is 0 Å². The molecule has 0 saturated heterocycles. The number of hydrogen-bond acceptors (Lipinski definition) is 7. The molecule has 0 radical (unpaired) electrons. The average molecular weight is 495 g/mol. The van der Waals surface area contributed by atoms with E-state index in [1.54, 1.807) is 11.8 Å². The van der Waals surface area contributed by atoms with Gasteiger partial charge in [-0.3, -0.25) is 4.57 Å². The van der Waals surface area contributed by atoms with Crippen molar-refractivity contribution in [2.45, 2.75) is 46.1 Å². The van der Waals surface area contributed by atoms with Crippen LogP contribution in [0, 0.1) is 12.8 Å². The van der Waals surface area contributed by atoms with Crippen LogP contribution in [0.1, 0.15) is 46.7 Å². The summed E-state index contributed by atoms with van der Waals surface area (Å²) in [7, 11) is 0. The Morgan fingerprint density at radius 1 is 1.24 bits per heavy atom. The van der Waals surface area contributed by atoms with Crippen LogP contribution in [-0.4, -0.2) is 32.8 Å². The molecular formula is C23H25F3N4O3S. The molecule has 1 unspecified atom stereocenters. The topological polar surface area (TPSA) is 80.5 Å². The molecule has 1 atom stereocenters. The highest BCUT2D eigenvalue weighted by Crippen LogP contribution is 2.35. The standard InChI is InChI=1S/C23H25F3N4O3S/c1-13(2)12-33-16-5-4-15-9-29(11-19(31)18(15)8-16)21-27-14(3)30(22(32)28-21)10-17-6-7-20(34-17)23(24,25)26/h4-8,13,19,31H,9-12H2,1-3H3. The second-order valence-corrected chi connectivity index (χ2v) is 9.83. The van der Waals surface area contributed by atoms with Crippen LogP contribution in [0.2, 0.25) is 0 Å². The molecule has 7 nitrogen and oxygen atoms in total. The van der Waals surface area contributed by atoms with Crippen LogP contribution in [0.3, 0.4) is 0 Å². The molecule has 3 aromatic rings. The van der Waals surface area contributed by atoms with Crippen LogP contribution in [0.15, 0.2) is 35.1 Å². The number of thiophene rings is 1. The molecular weight excluding hydrogens is 469 g/mol. The third-order valence-corrected chi connectivity index (χ3v) is 6.55. The second-order valence-electron chi connectivity index (χ2n) is 8.67. The third-order valence-electron chi connectivity index (χ3n) is 5.43. The quantitative estimate of drug-likeness (QED) is 0.554. The summed E-state index contributed by atoms with van der Waals surface area (Å²) in [6, 6.07) is 7.91. The molecule has 182 valence electrons. The van der Waals surface area contributed by atoms with Crippen molar-refractivity contribution in [2.24, 2.45) is 5.92 Å². The number of aromatic nitrogens is 3. The number of benzene rings is 1. The lowest BCUT2D eigenvalue weighted by Crippen LogP contribution is -2.38. The number of halogens is 3. The molecule has 0 bridgehead atoms. The van der Waals surface area contributed by atoms with Gasteiger partial charge in [-0.1, -0.05) is 19.9 Å². The second kappa shape index (κ2) is 9.38. The van der Waals surface area contributed by atoms with E-state index >= 15 is 0 Å². The molecule has 0 amide bonds. The molecule has 1 N–H and O–H groups in total. The Labute approximate surface area is 198 Å². The van der Waals surface area contributed by atoms with E-state index in [4.69, 9.17) is 4.74 Å². The fraction of sp³-hybridized carbons (Fsp3) is 0.435. The van der Waals surface area contributed by atoms with E-state index in [0.29, 0.717) is 46.9 Å². The number of aryl methyl sites for hydroxylation is 1. The SMILES string of the molecule is Cc1nc(N2Cc3ccc(OCC(C)C)cc3C(O)C2)nc(=O)n1Cc1ccc(C(F)(F)F)s1. The van der Waals surface area contributed by atoms with Gasteiger partial charge in [-0.15, -0.1) is 11.3 Å². The van der Waals surface area contributed by atoms with E-state index in [-0.39, 0.29) is 19.0 Å². The van der Waals surface area contributed by atoms with Crippen LogP contribution >= 0.6 is 11.3 Å². The number of aliphatic hydroxyl groups is 1. The first kappa shape index (κ1) is 24.2. The number of fused-ring (bicyclic) bond motifs is 1. The van der Waals surface area contributed by atoms with Crippen molar-refractivity contribution in [3.63, 3.8) is 0 Å². The molecule has 0 saturated carbocycles. The van der Waals surface area contributed by atoms with Gasteiger partial charge in [0.25, 0.3) is 0 Å². The van der Waals surface area contributed by atoms with Gasteiger partial charge in [0.2, 0.25) is 5.95 Å². The predicted octanol–water partition coefficient (Wildman–Crippen LogP) is 4.16. The van der Waals surface area contributed by atoms with E-state index in [9.17, 15) is 23.1 Å². The van der Waals surface area contributed by atoms with Crippen LogP contribution < -0.4 is 15.3 Å². The largest absolute Gasteiger partial charge is 0.493 e. The minimum atomic E-state index is -4.42. The van der Waals surface area contributed by atoms with Gasteiger partial charge in [0.1, 0.15) is 16.5 Å². The van der Waals surface area contributed by atoms with Crippen LogP contribution in [0.5, 0.6) is 5.75 Å². The van der Waals surface area contributed by atoms with Crippen molar-refractivity contribution in [3.05, 3.63) is 67.5 Å². The minimum absolute atomic E-state index is 0.0453. The van der Waals surface area contributed by atoms with Gasteiger partial charge in [-0.2, -0.15) is 23.1 Å². The Kier molecular flexibility index (Phi) is 6.68. The summed E-state index contributed by atoms with van der Waals surface area (Å²) >= 11 is 0.589. The average Bonchev–Trinajstić information content (AvgIpc) is 3.24. The van der Waals surface area contributed by atoms with Crippen LogP contribution in [0.25, 0.3) is 0 Å². The van der Waals surface area contributed by atoms with Gasteiger partial charge in [-0.25, -0.2) is 4.79 Å². The maximum atomic E-state index is 12.9. The smallest absolute Gasteiger partial charge is 0.425 e. The summed E-state index contributed by atoms with van der Waals surface area (Å²) in [6.45, 7) is 6.85. The van der Waals surface area contributed by atoms with Crippen molar-refractivity contribution in [2.75, 3.05) is 18.1 Å². The van der Waals surface area contributed by atoms with Crippen molar-refractivity contribution in [3.8, 4) is 5.75 Å². The molecule has 3 heterocycles. The number of anilines is 1. The molecule has 34 heavy (non-hydrogen) atoms. The summed E-state index contributed by atoms with van der Waals surface area (Å²) in [5.41, 5.74) is 1.03. The van der Waals surface area contributed by atoms with Crippen LogP contribution in [-0.2, 0) is 19.3 Å². The zero-order valence-electron chi connectivity index (χ0n) is 19.0. The third kappa shape index (κ3) is 5.25. The van der Waals surface area contributed by atoms with E-state index in [2.05, 4.69) is 23.8 Å². The Morgan fingerprint density at radius 2 is 2.00 bits per heavy atom. The first-order chi connectivity index (χ1) is 16.0. The van der Waals surface area contributed by atoms with Crippen molar-refractivity contribution in [1.82, 2.24) is 14.5 Å². The van der Waals surface area contributed by atoms with E-state index < -0.39 is 22.8 Å². The molecule has 1 aliphatic rings. The maximum absolute atomic E-state index is 12.9. The summed E-state index contributed by atoms with van der Waals surface area (Å²) < 4.78 is 45.6. The summed E-state index contributed by atoms with van der Waals surface area (Å²) in [6.07, 6.45) is -5.24. The molecule has 0 fully saturated rings. The van der Waals surface area contributed by atoms with Gasteiger partial charge >= 0.3 is 11.9 Å². The Balaban J connectivity index is 1.53. The lowest BCUT2D eigenvalue weighted by atomic mass is 9.97. The van der Waals surface area contributed by atoms with Crippen molar-refractivity contribution in [1.29, 1.82) is 0 Å². The monoisotopic (exact) mass is 494 g/mol. The first-order valence-electron chi connectivity index (χ1n) is 10.8. The van der Waals surface area contributed by atoms with E-state index in [0.717, 1.165) is 17.2 Å². The number of rotatable bonds is 6. The minimum Gasteiger partial charge on any atom is -0.493 e. The summed E-state index contributed by atoms with van der Waals surface area (Å²) in [4.78, 5) is 22.5. The number of aliphatic hydroxyl groups excluding tert-OH is 1. The normalized spacial score (nSPS) is 16.1. The first-order valence-corrected chi connectivity index (χ1v) is 11.6.